The smallest absolute Gasteiger partial charge is 0.311 e. The Morgan fingerprint density at radius 1 is 1.31 bits per heavy atom. The zero-order valence-corrected chi connectivity index (χ0v) is 15.5. The Morgan fingerprint density at radius 2 is 2.00 bits per heavy atom. The number of hydrogen-bond donors (Lipinski definition) is 0. The first-order valence-electron chi connectivity index (χ1n) is 9.36. The van der Waals surface area contributed by atoms with Crippen molar-refractivity contribution < 1.29 is 18.7 Å². The molecule has 1 unspecified atom stereocenters. The minimum absolute atomic E-state index is 0.0461. The van der Waals surface area contributed by atoms with Crippen molar-refractivity contribution >= 4 is 11.9 Å². The molecular weight excluding hydrogens is 335 g/mol. The Labute approximate surface area is 154 Å². The molecule has 2 aliphatic rings. The van der Waals surface area contributed by atoms with Crippen molar-refractivity contribution in [2.45, 2.75) is 44.7 Å². The second-order valence-corrected chi connectivity index (χ2v) is 7.30. The van der Waals surface area contributed by atoms with Crippen LogP contribution < -0.4 is 0 Å². The predicted octanol–water partition coefficient (Wildman–Crippen LogP) is 2.59. The van der Waals surface area contributed by atoms with Crippen molar-refractivity contribution in [1.29, 1.82) is 0 Å². The highest BCUT2D eigenvalue weighted by Crippen LogP contribution is 2.44. The molecule has 0 bridgehead atoms. The molecule has 1 spiro atoms. The number of piperidine rings is 1. The molecular formula is C20H27FN2O3. The molecule has 0 aromatic heterocycles. The van der Waals surface area contributed by atoms with E-state index in [9.17, 15) is 14.0 Å². The zero-order valence-electron chi connectivity index (χ0n) is 15.5. The van der Waals surface area contributed by atoms with E-state index in [4.69, 9.17) is 4.74 Å². The Hall–Kier alpha value is -1.95. The van der Waals surface area contributed by atoms with Crippen molar-refractivity contribution in [2.24, 2.45) is 5.92 Å². The van der Waals surface area contributed by atoms with Crippen LogP contribution in [0.25, 0.3) is 0 Å². The molecule has 2 saturated heterocycles. The fraction of sp³-hybridized carbons (Fsp3) is 0.600. The fourth-order valence-corrected chi connectivity index (χ4v) is 4.51. The van der Waals surface area contributed by atoms with Gasteiger partial charge in [0.25, 0.3) is 0 Å². The molecule has 0 saturated carbocycles. The van der Waals surface area contributed by atoms with Crippen molar-refractivity contribution in [1.82, 2.24) is 9.80 Å². The van der Waals surface area contributed by atoms with Crippen LogP contribution in [0.4, 0.5) is 4.39 Å². The van der Waals surface area contributed by atoms with E-state index in [1.807, 2.05) is 17.9 Å². The van der Waals surface area contributed by atoms with Gasteiger partial charge in [-0.15, -0.1) is 0 Å². The third kappa shape index (κ3) is 3.34. The molecule has 1 atom stereocenters. The molecule has 0 radical (unpaired) electrons. The maximum absolute atomic E-state index is 13.9. The lowest BCUT2D eigenvalue weighted by atomic mass is 9.76. The van der Waals surface area contributed by atoms with Gasteiger partial charge in [0.15, 0.2) is 0 Å². The third-order valence-corrected chi connectivity index (χ3v) is 5.87. The predicted molar refractivity (Wildman–Crippen MR) is 95.8 cm³/mol. The van der Waals surface area contributed by atoms with Crippen LogP contribution in [-0.4, -0.2) is 54.0 Å². The van der Waals surface area contributed by atoms with E-state index < -0.39 is 11.5 Å². The molecule has 2 aliphatic heterocycles. The van der Waals surface area contributed by atoms with Gasteiger partial charge in [-0.05, 0) is 25.3 Å². The lowest BCUT2D eigenvalue weighted by Gasteiger charge is -2.47. The van der Waals surface area contributed by atoms with Gasteiger partial charge >= 0.3 is 5.97 Å². The van der Waals surface area contributed by atoms with Crippen molar-refractivity contribution in [2.75, 3.05) is 26.7 Å². The van der Waals surface area contributed by atoms with Crippen LogP contribution in [-0.2, 0) is 20.9 Å². The lowest BCUT2D eigenvalue weighted by molar-refractivity contribution is -0.150. The number of benzene rings is 1. The maximum atomic E-state index is 13.9. The highest BCUT2D eigenvalue weighted by atomic mass is 19.1. The zero-order chi connectivity index (χ0) is 18.7. The van der Waals surface area contributed by atoms with Crippen molar-refractivity contribution in [3.8, 4) is 0 Å². The summed E-state index contributed by atoms with van der Waals surface area (Å²) in [4.78, 5) is 29.0. The summed E-state index contributed by atoms with van der Waals surface area (Å²) in [7, 11) is 1.39. The van der Waals surface area contributed by atoms with Crippen LogP contribution in [0, 0.1) is 11.7 Å². The largest absolute Gasteiger partial charge is 0.469 e. The van der Waals surface area contributed by atoms with Gasteiger partial charge in [0.2, 0.25) is 5.91 Å². The highest BCUT2D eigenvalue weighted by molar-refractivity contribution is 5.89. The quantitative estimate of drug-likeness (QED) is 0.756. The summed E-state index contributed by atoms with van der Waals surface area (Å²) in [6, 6.07) is 6.82. The summed E-state index contributed by atoms with van der Waals surface area (Å²) >= 11 is 0. The first-order valence-corrected chi connectivity index (χ1v) is 9.36. The SMILES string of the molecule is CCCN1C(=O)CC(C(=O)OC)C12CCN(Cc1ccccc1F)CC2. The van der Waals surface area contributed by atoms with Gasteiger partial charge in [0.05, 0.1) is 18.6 Å². The molecule has 0 aliphatic carbocycles. The molecule has 5 nitrogen and oxygen atoms in total. The van der Waals surface area contributed by atoms with Crippen LogP contribution >= 0.6 is 0 Å². The minimum atomic E-state index is -0.452. The van der Waals surface area contributed by atoms with E-state index >= 15 is 0 Å². The molecule has 1 amide bonds. The van der Waals surface area contributed by atoms with E-state index in [2.05, 4.69) is 4.90 Å². The van der Waals surface area contributed by atoms with Gasteiger partial charge in [-0.25, -0.2) is 4.39 Å². The molecule has 0 N–H and O–H groups in total. The summed E-state index contributed by atoms with van der Waals surface area (Å²) in [5.74, 6) is -0.838. The number of hydrogen-bond acceptors (Lipinski definition) is 4. The second-order valence-electron chi connectivity index (χ2n) is 7.30. The molecule has 2 heterocycles. The van der Waals surface area contributed by atoms with Crippen LogP contribution in [0.5, 0.6) is 0 Å². The Morgan fingerprint density at radius 3 is 2.62 bits per heavy atom. The summed E-state index contributed by atoms with van der Waals surface area (Å²) in [6.45, 7) is 4.72. The third-order valence-electron chi connectivity index (χ3n) is 5.87. The van der Waals surface area contributed by atoms with Crippen LogP contribution in [0.3, 0.4) is 0 Å². The molecule has 1 aromatic carbocycles. The summed E-state index contributed by atoms with van der Waals surface area (Å²) < 4.78 is 18.9. The number of nitrogens with zero attached hydrogens (tertiary/aromatic N) is 2. The van der Waals surface area contributed by atoms with E-state index in [1.165, 1.54) is 13.2 Å². The fourth-order valence-electron chi connectivity index (χ4n) is 4.51. The summed E-state index contributed by atoms with van der Waals surface area (Å²) in [6.07, 6.45) is 2.53. The van der Waals surface area contributed by atoms with Gasteiger partial charge in [0, 0.05) is 38.2 Å². The number of amides is 1. The van der Waals surface area contributed by atoms with E-state index in [1.54, 1.807) is 12.1 Å². The number of esters is 1. The Balaban J connectivity index is 1.75. The van der Waals surface area contributed by atoms with Crippen LogP contribution in [0.2, 0.25) is 0 Å². The maximum Gasteiger partial charge on any atom is 0.311 e. The first kappa shape index (κ1) is 18.8. The molecule has 6 heteroatoms. The lowest BCUT2D eigenvalue weighted by Crippen LogP contribution is -2.57. The van der Waals surface area contributed by atoms with Crippen molar-refractivity contribution in [3.63, 3.8) is 0 Å². The summed E-state index contributed by atoms with van der Waals surface area (Å²) in [5, 5.41) is 0. The Bertz CT molecular complexity index is 671. The normalized spacial score (nSPS) is 22.8. The highest BCUT2D eigenvalue weighted by Gasteiger charge is 2.56. The number of carbonyl (C=O) groups is 2. The molecule has 2 fully saturated rings. The number of carbonyl (C=O) groups excluding carboxylic acids is 2. The number of rotatable bonds is 5. The first-order chi connectivity index (χ1) is 12.5. The summed E-state index contributed by atoms with van der Waals surface area (Å²) in [5.41, 5.74) is 0.229. The minimum Gasteiger partial charge on any atom is -0.469 e. The van der Waals surface area contributed by atoms with Gasteiger partial charge < -0.3 is 9.64 Å². The van der Waals surface area contributed by atoms with E-state index in [0.29, 0.717) is 31.5 Å². The monoisotopic (exact) mass is 362 g/mol. The second kappa shape index (κ2) is 7.74. The van der Waals surface area contributed by atoms with Gasteiger partial charge in [-0.3, -0.25) is 14.5 Å². The average Bonchev–Trinajstić information content (AvgIpc) is 2.91. The number of likely N-dealkylation sites (tertiary alicyclic amines) is 2. The molecule has 142 valence electrons. The van der Waals surface area contributed by atoms with Crippen LogP contribution in [0.15, 0.2) is 24.3 Å². The molecule has 1 aromatic rings. The van der Waals surface area contributed by atoms with Gasteiger partial charge in [0.1, 0.15) is 5.82 Å². The standard InChI is InChI=1S/C20H27FN2O3/c1-3-10-23-18(24)13-16(19(25)26-2)20(23)8-11-22(12-9-20)14-15-6-4-5-7-17(15)21/h4-7,16H,3,8-14H2,1-2H3. The average molecular weight is 362 g/mol. The Kier molecular flexibility index (Phi) is 5.61. The van der Waals surface area contributed by atoms with E-state index in [-0.39, 0.29) is 24.1 Å². The molecule has 26 heavy (non-hydrogen) atoms. The molecule has 3 rings (SSSR count). The van der Waals surface area contributed by atoms with Gasteiger partial charge in [-0.1, -0.05) is 25.1 Å². The topological polar surface area (TPSA) is 49.9 Å². The number of ether oxygens (including phenoxy) is 1. The number of methoxy groups -OCH3 is 1. The van der Waals surface area contributed by atoms with Crippen molar-refractivity contribution in [3.05, 3.63) is 35.6 Å². The van der Waals surface area contributed by atoms with Gasteiger partial charge in [-0.2, -0.15) is 0 Å². The number of halogens is 1. The van der Waals surface area contributed by atoms with E-state index in [0.717, 1.165) is 19.5 Å². The van der Waals surface area contributed by atoms with Crippen LogP contribution in [0.1, 0.15) is 38.2 Å².